The quantitative estimate of drug-likeness (QED) is 0.846. The Morgan fingerprint density at radius 2 is 1.96 bits per heavy atom. The predicted octanol–water partition coefficient (Wildman–Crippen LogP) is 3.28. The van der Waals surface area contributed by atoms with E-state index in [1.807, 2.05) is 18.2 Å². The first-order valence-corrected chi connectivity index (χ1v) is 10.6. The molecule has 3 rings (SSSR count). The molecule has 1 aliphatic heterocycles. The molecule has 26 heavy (non-hydrogen) atoms. The number of nitrogens with one attached hydrogen (secondary N) is 1. The lowest BCUT2D eigenvalue weighted by Crippen LogP contribution is -2.27. The number of nitrogens with zero attached hydrogens (tertiary/aromatic N) is 1. The molecule has 1 amide bonds. The molecule has 1 aliphatic rings. The second-order valence-corrected chi connectivity index (χ2v) is 8.66. The van der Waals surface area contributed by atoms with Gasteiger partial charge in [0, 0.05) is 18.7 Å². The molecule has 0 saturated carbocycles. The second kappa shape index (κ2) is 7.50. The van der Waals surface area contributed by atoms with Crippen molar-refractivity contribution in [1.29, 1.82) is 0 Å². The summed E-state index contributed by atoms with van der Waals surface area (Å²) < 4.78 is 25.0. The largest absolute Gasteiger partial charge is 0.326 e. The van der Waals surface area contributed by atoms with Crippen LogP contribution >= 0.6 is 0 Å². The summed E-state index contributed by atoms with van der Waals surface area (Å²) in [4.78, 5) is 12.2. The van der Waals surface area contributed by atoms with E-state index in [1.165, 1.54) is 21.7 Å². The first-order chi connectivity index (χ1) is 12.3. The van der Waals surface area contributed by atoms with E-state index in [4.69, 9.17) is 0 Å². The summed E-state index contributed by atoms with van der Waals surface area (Å²) >= 11 is 0. The molecule has 0 atom stereocenters. The third-order valence-corrected chi connectivity index (χ3v) is 5.91. The first-order valence-electron chi connectivity index (χ1n) is 8.79. The molecule has 1 N–H and O–H groups in total. The molecule has 0 unspecified atom stereocenters. The molecule has 0 fully saturated rings. The van der Waals surface area contributed by atoms with E-state index in [9.17, 15) is 13.2 Å². The average molecular weight is 372 g/mol. The highest BCUT2D eigenvalue weighted by atomic mass is 32.2. The number of rotatable bonds is 6. The fraction of sp³-hybridized carbons (Fsp3) is 0.350. The number of anilines is 2. The average Bonchev–Trinajstić information content (AvgIpc) is 3.00. The van der Waals surface area contributed by atoms with Crippen LogP contribution in [0, 0.1) is 6.92 Å². The van der Waals surface area contributed by atoms with Crippen molar-refractivity contribution in [3.05, 3.63) is 59.2 Å². The van der Waals surface area contributed by atoms with E-state index in [1.54, 1.807) is 12.1 Å². The molecule has 0 aliphatic carbocycles. The lowest BCUT2D eigenvalue weighted by Gasteiger charge is -2.16. The number of hydrogen-bond acceptors (Lipinski definition) is 3. The molecule has 2 aromatic carbocycles. The van der Waals surface area contributed by atoms with Gasteiger partial charge in [0.15, 0.2) is 0 Å². The maximum absolute atomic E-state index is 12.2. The minimum Gasteiger partial charge on any atom is -0.326 e. The van der Waals surface area contributed by atoms with Crippen LogP contribution in [0.4, 0.5) is 11.4 Å². The van der Waals surface area contributed by atoms with E-state index in [0.29, 0.717) is 25.1 Å². The van der Waals surface area contributed by atoms with Crippen molar-refractivity contribution in [1.82, 2.24) is 0 Å². The summed E-state index contributed by atoms with van der Waals surface area (Å²) in [5, 5.41) is 2.92. The number of carbonyl (C=O) groups is 1. The minimum atomic E-state index is -3.25. The smallest absolute Gasteiger partial charge is 0.232 e. The monoisotopic (exact) mass is 372 g/mol. The van der Waals surface area contributed by atoms with Crippen molar-refractivity contribution < 1.29 is 13.2 Å². The summed E-state index contributed by atoms with van der Waals surface area (Å²) in [6.45, 7) is 2.54. The van der Waals surface area contributed by atoms with Crippen molar-refractivity contribution in [2.24, 2.45) is 0 Å². The lowest BCUT2D eigenvalue weighted by molar-refractivity contribution is -0.116. The van der Waals surface area contributed by atoms with Gasteiger partial charge in [-0.1, -0.05) is 24.3 Å². The molecular weight excluding hydrogens is 348 g/mol. The molecule has 0 aromatic heterocycles. The van der Waals surface area contributed by atoms with Crippen molar-refractivity contribution in [3.63, 3.8) is 0 Å². The van der Waals surface area contributed by atoms with Gasteiger partial charge in [-0.2, -0.15) is 0 Å². The molecule has 5 nitrogen and oxygen atoms in total. The molecule has 0 bridgehead atoms. The van der Waals surface area contributed by atoms with Crippen molar-refractivity contribution >= 4 is 27.3 Å². The van der Waals surface area contributed by atoms with Gasteiger partial charge in [0.2, 0.25) is 15.9 Å². The van der Waals surface area contributed by atoms with E-state index in [2.05, 4.69) is 24.4 Å². The van der Waals surface area contributed by atoms with Crippen LogP contribution in [0.25, 0.3) is 0 Å². The highest BCUT2D eigenvalue weighted by Crippen LogP contribution is 2.32. The fourth-order valence-electron chi connectivity index (χ4n) is 3.35. The maximum Gasteiger partial charge on any atom is 0.232 e. The summed E-state index contributed by atoms with van der Waals surface area (Å²) in [5.41, 5.74) is 4.92. The van der Waals surface area contributed by atoms with Crippen LogP contribution < -0.4 is 9.62 Å². The highest BCUT2D eigenvalue weighted by molar-refractivity contribution is 7.92. The Morgan fingerprint density at radius 3 is 2.69 bits per heavy atom. The molecule has 0 spiro atoms. The Labute approximate surface area is 155 Å². The van der Waals surface area contributed by atoms with Crippen molar-refractivity contribution in [2.45, 2.75) is 32.6 Å². The number of aryl methyl sites for hydroxylation is 2. The minimum absolute atomic E-state index is 0.0171. The van der Waals surface area contributed by atoms with E-state index >= 15 is 0 Å². The predicted molar refractivity (Wildman–Crippen MR) is 105 cm³/mol. The second-order valence-electron chi connectivity index (χ2n) is 6.76. The van der Waals surface area contributed by atoms with Gasteiger partial charge in [0.25, 0.3) is 0 Å². The van der Waals surface area contributed by atoms with Gasteiger partial charge in [-0.3, -0.25) is 9.10 Å². The SMILES string of the molecule is Cc1ccccc1CCCC(=O)Nc1ccc2c(c1)CCN2S(C)(=O)=O. The molecule has 2 aromatic rings. The number of carbonyl (C=O) groups excluding carboxylic acids is 1. The molecule has 0 radical (unpaired) electrons. The Balaban J connectivity index is 1.56. The van der Waals surface area contributed by atoms with Gasteiger partial charge in [0.05, 0.1) is 11.9 Å². The van der Waals surface area contributed by atoms with Crippen LogP contribution in [-0.2, 0) is 27.7 Å². The Morgan fingerprint density at radius 1 is 1.19 bits per heavy atom. The van der Waals surface area contributed by atoms with E-state index in [-0.39, 0.29) is 5.91 Å². The zero-order chi connectivity index (χ0) is 18.7. The van der Waals surface area contributed by atoms with Crippen LogP contribution in [0.2, 0.25) is 0 Å². The fourth-order valence-corrected chi connectivity index (χ4v) is 4.31. The summed E-state index contributed by atoms with van der Waals surface area (Å²) in [7, 11) is -3.25. The third kappa shape index (κ3) is 4.25. The van der Waals surface area contributed by atoms with Crippen LogP contribution in [0.1, 0.15) is 29.5 Å². The molecular formula is C20H24N2O3S. The van der Waals surface area contributed by atoms with Gasteiger partial charge in [-0.25, -0.2) is 8.42 Å². The lowest BCUT2D eigenvalue weighted by atomic mass is 10.0. The zero-order valence-electron chi connectivity index (χ0n) is 15.2. The molecule has 6 heteroatoms. The van der Waals surface area contributed by atoms with Crippen LogP contribution in [0.5, 0.6) is 0 Å². The van der Waals surface area contributed by atoms with Crippen molar-refractivity contribution in [3.8, 4) is 0 Å². The standard InChI is InChI=1S/C20H24N2O3S/c1-15-6-3-4-7-16(15)8-5-9-20(23)21-18-10-11-19-17(14-18)12-13-22(19)26(2,24)25/h3-4,6-7,10-11,14H,5,8-9,12-13H2,1-2H3,(H,21,23). The number of sulfonamides is 1. The number of fused-ring (bicyclic) bond motifs is 1. The molecule has 0 saturated heterocycles. The van der Waals surface area contributed by atoms with E-state index < -0.39 is 10.0 Å². The van der Waals surface area contributed by atoms with Crippen molar-refractivity contribution in [2.75, 3.05) is 22.4 Å². The number of hydrogen-bond donors (Lipinski definition) is 1. The maximum atomic E-state index is 12.2. The topological polar surface area (TPSA) is 66.5 Å². The van der Waals surface area contributed by atoms with Gasteiger partial charge >= 0.3 is 0 Å². The van der Waals surface area contributed by atoms with Crippen LogP contribution in [0.15, 0.2) is 42.5 Å². The molecule has 1 heterocycles. The summed E-state index contributed by atoms with van der Waals surface area (Å²) in [5.74, 6) is -0.0171. The summed E-state index contributed by atoms with van der Waals surface area (Å²) in [6, 6.07) is 13.6. The third-order valence-electron chi connectivity index (χ3n) is 4.73. The van der Waals surface area contributed by atoms with Crippen LogP contribution in [0.3, 0.4) is 0 Å². The Kier molecular flexibility index (Phi) is 5.32. The van der Waals surface area contributed by atoms with Gasteiger partial charge in [-0.05, 0) is 61.1 Å². The zero-order valence-corrected chi connectivity index (χ0v) is 16.0. The number of benzene rings is 2. The first kappa shape index (κ1) is 18.5. The van der Waals surface area contributed by atoms with Crippen LogP contribution in [-0.4, -0.2) is 27.1 Å². The Hall–Kier alpha value is -2.34. The van der Waals surface area contributed by atoms with Gasteiger partial charge in [-0.15, -0.1) is 0 Å². The number of amides is 1. The Bertz CT molecular complexity index is 922. The normalized spacial score (nSPS) is 13.5. The van der Waals surface area contributed by atoms with Gasteiger partial charge in [0.1, 0.15) is 0 Å². The van der Waals surface area contributed by atoms with E-state index in [0.717, 1.165) is 24.1 Å². The highest BCUT2D eigenvalue weighted by Gasteiger charge is 2.26. The molecule has 138 valence electrons. The summed E-state index contributed by atoms with van der Waals surface area (Å²) in [6.07, 6.45) is 4.02. The van der Waals surface area contributed by atoms with Gasteiger partial charge < -0.3 is 5.32 Å².